The minimum atomic E-state index is -1.17. The molecule has 5 nitrogen and oxygen atoms in total. The first-order valence-corrected chi connectivity index (χ1v) is 10.2. The maximum Gasteiger partial charge on any atom is 0.341 e. The van der Waals surface area contributed by atoms with Crippen molar-refractivity contribution >= 4 is 17.1 Å². The zero-order valence-electron chi connectivity index (χ0n) is 17.0. The lowest BCUT2D eigenvalue weighted by atomic mass is 9.78. The number of ether oxygens (including phenoxy) is 1. The molecule has 29 heavy (non-hydrogen) atoms. The van der Waals surface area contributed by atoms with Crippen LogP contribution in [0.25, 0.3) is 11.1 Å². The number of carboxylic acid groups (broad SMARTS) is 1. The van der Waals surface area contributed by atoms with Gasteiger partial charge in [0.15, 0.2) is 5.43 Å². The fourth-order valence-corrected chi connectivity index (χ4v) is 4.90. The summed E-state index contributed by atoms with van der Waals surface area (Å²) in [5.74, 6) is -0.687. The molecule has 1 aromatic heterocycles. The third-order valence-corrected chi connectivity index (χ3v) is 6.65. The predicted molar refractivity (Wildman–Crippen MR) is 111 cm³/mol. The lowest BCUT2D eigenvalue weighted by Gasteiger charge is -2.39. The van der Waals surface area contributed by atoms with Gasteiger partial charge in [-0.05, 0) is 39.7 Å². The summed E-state index contributed by atoms with van der Waals surface area (Å²) in [7, 11) is 0. The van der Waals surface area contributed by atoms with Gasteiger partial charge in [-0.25, -0.2) is 4.79 Å². The number of nitrogens with zero attached hydrogens (tertiary/aromatic N) is 1. The molecule has 1 fully saturated rings. The number of pyridine rings is 1. The minimum Gasteiger partial charge on any atom is -0.477 e. The summed E-state index contributed by atoms with van der Waals surface area (Å²) in [5.41, 5.74) is 6.57. The fourth-order valence-electron chi connectivity index (χ4n) is 4.90. The molecule has 3 heterocycles. The van der Waals surface area contributed by atoms with E-state index in [1.165, 1.54) is 28.3 Å². The van der Waals surface area contributed by atoms with Crippen LogP contribution >= 0.6 is 0 Å². The number of hydrogen-bond acceptors (Lipinski definition) is 3. The van der Waals surface area contributed by atoms with Crippen LogP contribution in [0.4, 0.5) is 0 Å². The van der Waals surface area contributed by atoms with Gasteiger partial charge in [-0.3, -0.25) is 4.79 Å². The fraction of sp³-hybridized carbons (Fsp3) is 0.417. The standard InChI is InChI=1S/C24H25NO4/c1-24(2,3)22-8-17-16-5-4-13(15-11-29-12-15)6-14(16)7-18(17)20-9-21(26)19(23(27)28)10-25(20)22/h4-6,9-10,15,22H,7-8,11-12H2,1-3H3,(H,27,28)/t22-/m0/s1. The lowest BCUT2D eigenvalue weighted by Crippen LogP contribution is -2.32. The SMILES string of the molecule is CC(C)(C)[C@@H]1CC2=C(Cc3cc(C4COC4)ccc32)c2cc(=O)c(C(=O)O)cn21. The number of benzene rings is 1. The molecule has 5 heteroatoms. The van der Waals surface area contributed by atoms with Crippen LogP contribution in [0.15, 0.2) is 35.3 Å². The molecular formula is C24H25NO4. The minimum absolute atomic E-state index is 0.0793. The summed E-state index contributed by atoms with van der Waals surface area (Å²) in [6.07, 6.45) is 3.18. The highest BCUT2D eigenvalue weighted by Gasteiger charge is 2.38. The van der Waals surface area contributed by atoms with Gasteiger partial charge in [-0.1, -0.05) is 39.0 Å². The number of hydrogen-bond donors (Lipinski definition) is 1. The molecule has 1 saturated heterocycles. The van der Waals surface area contributed by atoms with E-state index in [9.17, 15) is 14.7 Å². The van der Waals surface area contributed by atoms with E-state index < -0.39 is 11.4 Å². The van der Waals surface area contributed by atoms with Crippen molar-refractivity contribution in [3.05, 3.63) is 68.6 Å². The Balaban J connectivity index is 1.66. The van der Waals surface area contributed by atoms with Crippen LogP contribution in [0.1, 0.15) is 71.9 Å². The zero-order valence-corrected chi connectivity index (χ0v) is 17.0. The van der Waals surface area contributed by atoms with E-state index in [1.807, 2.05) is 4.57 Å². The van der Waals surface area contributed by atoms with Crippen molar-refractivity contribution in [2.24, 2.45) is 5.41 Å². The van der Waals surface area contributed by atoms with E-state index in [2.05, 4.69) is 39.0 Å². The van der Waals surface area contributed by atoms with Crippen LogP contribution in [0, 0.1) is 5.41 Å². The third-order valence-electron chi connectivity index (χ3n) is 6.65. The molecule has 0 bridgehead atoms. The second-order valence-electron chi connectivity index (χ2n) is 9.52. The molecule has 3 aliphatic rings. The second-order valence-corrected chi connectivity index (χ2v) is 9.52. The van der Waals surface area contributed by atoms with Gasteiger partial charge in [-0.15, -0.1) is 0 Å². The van der Waals surface area contributed by atoms with E-state index in [0.29, 0.717) is 5.92 Å². The Morgan fingerprint density at radius 2 is 1.93 bits per heavy atom. The highest BCUT2D eigenvalue weighted by Crippen LogP contribution is 2.50. The summed E-state index contributed by atoms with van der Waals surface area (Å²) < 4.78 is 7.39. The van der Waals surface area contributed by atoms with E-state index >= 15 is 0 Å². The number of carbonyl (C=O) groups is 1. The Morgan fingerprint density at radius 3 is 2.55 bits per heavy atom. The second kappa shape index (κ2) is 6.17. The van der Waals surface area contributed by atoms with E-state index in [1.54, 1.807) is 6.20 Å². The van der Waals surface area contributed by atoms with Crippen molar-refractivity contribution in [3.8, 4) is 0 Å². The predicted octanol–water partition coefficient (Wildman–Crippen LogP) is 4.12. The van der Waals surface area contributed by atoms with Gasteiger partial charge in [0, 0.05) is 36.3 Å². The average Bonchev–Trinajstić information content (AvgIpc) is 2.96. The summed E-state index contributed by atoms with van der Waals surface area (Å²) in [6.45, 7) is 8.08. The van der Waals surface area contributed by atoms with Crippen molar-refractivity contribution in [1.82, 2.24) is 4.57 Å². The molecule has 0 radical (unpaired) electrons. The summed E-state index contributed by atoms with van der Waals surface area (Å²) in [5, 5.41) is 9.46. The van der Waals surface area contributed by atoms with Gasteiger partial charge in [0.25, 0.3) is 0 Å². The van der Waals surface area contributed by atoms with Crippen LogP contribution < -0.4 is 5.43 Å². The van der Waals surface area contributed by atoms with E-state index in [-0.39, 0.29) is 17.0 Å². The molecule has 1 atom stereocenters. The maximum absolute atomic E-state index is 12.5. The van der Waals surface area contributed by atoms with Gasteiger partial charge in [0.05, 0.1) is 13.2 Å². The number of aromatic carboxylic acids is 1. The quantitative estimate of drug-likeness (QED) is 0.836. The Bertz CT molecular complexity index is 1130. The molecule has 2 aromatic rings. The largest absolute Gasteiger partial charge is 0.477 e. The molecule has 0 unspecified atom stereocenters. The van der Waals surface area contributed by atoms with Gasteiger partial charge in [-0.2, -0.15) is 0 Å². The molecule has 5 rings (SSSR count). The smallest absolute Gasteiger partial charge is 0.341 e. The highest BCUT2D eigenvalue weighted by atomic mass is 16.5. The first kappa shape index (κ1) is 18.4. The first-order valence-electron chi connectivity index (χ1n) is 10.2. The number of fused-ring (bicyclic) bond motifs is 4. The van der Waals surface area contributed by atoms with Crippen LogP contribution in [0.2, 0.25) is 0 Å². The summed E-state index contributed by atoms with van der Waals surface area (Å²) >= 11 is 0. The van der Waals surface area contributed by atoms with Crippen LogP contribution in [-0.4, -0.2) is 28.9 Å². The van der Waals surface area contributed by atoms with Crippen molar-refractivity contribution in [2.45, 2.75) is 45.6 Å². The Labute approximate surface area is 169 Å². The number of allylic oxidation sites excluding steroid dienone is 2. The Morgan fingerprint density at radius 1 is 1.17 bits per heavy atom. The topological polar surface area (TPSA) is 68.5 Å². The molecule has 0 spiro atoms. The van der Waals surface area contributed by atoms with Gasteiger partial charge < -0.3 is 14.4 Å². The number of carboxylic acids is 1. The van der Waals surface area contributed by atoms with Gasteiger partial charge >= 0.3 is 5.97 Å². The number of rotatable bonds is 2. The average molecular weight is 391 g/mol. The van der Waals surface area contributed by atoms with Crippen molar-refractivity contribution in [3.63, 3.8) is 0 Å². The maximum atomic E-state index is 12.5. The van der Waals surface area contributed by atoms with Crippen molar-refractivity contribution < 1.29 is 14.6 Å². The van der Waals surface area contributed by atoms with Crippen LogP contribution in [0.3, 0.4) is 0 Å². The molecule has 1 aliphatic carbocycles. The molecule has 150 valence electrons. The van der Waals surface area contributed by atoms with Gasteiger partial charge in [0.1, 0.15) is 5.56 Å². The van der Waals surface area contributed by atoms with Gasteiger partial charge in [0.2, 0.25) is 0 Å². The normalized spacial score (nSPS) is 20.7. The lowest BCUT2D eigenvalue weighted by molar-refractivity contribution is 0.00840. The molecular weight excluding hydrogens is 366 g/mol. The third kappa shape index (κ3) is 2.79. The van der Waals surface area contributed by atoms with Crippen LogP contribution in [-0.2, 0) is 11.2 Å². The van der Waals surface area contributed by atoms with E-state index in [4.69, 9.17) is 4.74 Å². The summed E-state index contributed by atoms with van der Waals surface area (Å²) in [6, 6.07) is 8.35. The molecule has 1 N–H and O–H groups in total. The van der Waals surface area contributed by atoms with E-state index in [0.717, 1.165) is 37.3 Å². The Kier molecular flexibility index (Phi) is 3.91. The highest BCUT2D eigenvalue weighted by molar-refractivity contribution is 5.98. The zero-order chi connectivity index (χ0) is 20.5. The molecule has 0 saturated carbocycles. The van der Waals surface area contributed by atoms with Crippen molar-refractivity contribution in [1.29, 1.82) is 0 Å². The first-order chi connectivity index (χ1) is 13.7. The monoisotopic (exact) mass is 391 g/mol. The molecule has 0 amide bonds. The van der Waals surface area contributed by atoms with Crippen molar-refractivity contribution in [2.75, 3.05) is 13.2 Å². The molecule has 2 aliphatic heterocycles. The Hall–Kier alpha value is -2.66. The summed E-state index contributed by atoms with van der Waals surface area (Å²) in [4.78, 5) is 24.1. The number of aromatic nitrogens is 1. The molecule has 1 aromatic carbocycles. The van der Waals surface area contributed by atoms with Crippen LogP contribution in [0.5, 0.6) is 0 Å².